The molecule has 0 fully saturated rings. The molecule has 7 aromatic rings. The smallest absolute Gasteiger partial charge is 0.0181 e. The Kier molecular flexibility index (Phi) is 4.72. The first-order chi connectivity index (χ1) is 17.3. The van der Waals surface area contributed by atoms with Crippen LogP contribution in [0, 0.1) is 0 Å². The van der Waals surface area contributed by atoms with E-state index in [1.165, 1.54) is 65.3 Å². The van der Waals surface area contributed by atoms with Gasteiger partial charge in [0.25, 0.3) is 0 Å². The Hall–Kier alpha value is -3.94. The molecule has 35 heavy (non-hydrogen) atoms. The van der Waals surface area contributed by atoms with Crippen molar-refractivity contribution >= 4 is 59.0 Å². The Labute approximate surface area is 212 Å². The van der Waals surface area contributed by atoms with Crippen LogP contribution in [-0.4, -0.2) is 0 Å². The van der Waals surface area contributed by atoms with Gasteiger partial charge in [0.2, 0.25) is 0 Å². The summed E-state index contributed by atoms with van der Waals surface area (Å²) in [6, 6.07) is 46.4. The average molecular weight is 509 g/mol. The van der Waals surface area contributed by atoms with Gasteiger partial charge in [-0.1, -0.05) is 119 Å². The lowest BCUT2D eigenvalue weighted by atomic mass is 9.85. The zero-order valence-corrected chi connectivity index (χ0v) is 20.6. The first-order valence-electron chi connectivity index (χ1n) is 11.9. The molecular weight excluding hydrogens is 488 g/mol. The van der Waals surface area contributed by atoms with Crippen LogP contribution in [0.3, 0.4) is 0 Å². The van der Waals surface area contributed by atoms with Gasteiger partial charge in [0, 0.05) is 4.47 Å². The molecule has 0 aromatic heterocycles. The molecule has 0 heterocycles. The fraction of sp³-hybridized carbons (Fsp3) is 0. The molecule has 0 aliphatic rings. The summed E-state index contributed by atoms with van der Waals surface area (Å²) >= 11 is 3.61. The first kappa shape index (κ1) is 20.4. The molecule has 0 saturated heterocycles. The van der Waals surface area contributed by atoms with Crippen molar-refractivity contribution < 1.29 is 0 Å². The van der Waals surface area contributed by atoms with E-state index >= 15 is 0 Å². The summed E-state index contributed by atoms with van der Waals surface area (Å²) < 4.78 is 1.10. The summed E-state index contributed by atoms with van der Waals surface area (Å²) in [7, 11) is 0. The normalized spacial score (nSPS) is 11.6. The highest BCUT2D eigenvalue weighted by atomic mass is 79.9. The van der Waals surface area contributed by atoms with E-state index in [-0.39, 0.29) is 0 Å². The molecule has 0 radical (unpaired) electrons. The Bertz CT molecular complexity index is 1860. The van der Waals surface area contributed by atoms with Crippen LogP contribution in [0.25, 0.3) is 65.3 Å². The SMILES string of the molecule is Brc1ccc2cc(-c3c4ccccc4c(-c4ccc5ccccc5c4)c4ccccc34)ccc2c1. The van der Waals surface area contributed by atoms with Crippen molar-refractivity contribution in [3.63, 3.8) is 0 Å². The second kappa shape index (κ2) is 8.08. The fourth-order valence-corrected chi connectivity index (χ4v) is 5.85. The maximum absolute atomic E-state index is 3.61. The van der Waals surface area contributed by atoms with E-state index in [9.17, 15) is 0 Å². The first-order valence-corrected chi connectivity index (χ1v) is 12.7. The van der Waals surface area contributed by atoms with Gasteiger partial charge in [0.1, 0.15) is 0 Å². The van der Waals surface area contributed by atoms with E-state index in [0.29, 0.717) is 0 Å². The minimum Gasteiger partial charge on any atom is -0.0616 e. The molecule has 0 bridgehead atoms. The third-order valence-corrected chi connectivity index (χ3v) is 7.55. The lowest BCUT2D eigenvalue weighted by molar-refractivity contribution is 1.67. The molecule has 0 aliphatic heterocycles. The number of hydrogen-bond acceptors (Lipinski definition) is 0. The third-order valence-electron chi connectivity index (χ3n) is 7.06. The largest absolute Gasteiger partial charge is 0.0616 e. The van der Waals surface area contributed by atoms with Crippen molar-refractivity contribution in [3.8, 4) is 22.3 Å². The number of benzene rings is 7. The van der Waals surface area contributed by atoms with Crippen LogP contribution in [0.5, 0.6) is 0 Å². The molecule has 0 saturated carbocycles. The molecule has 0 aliphatic carbocycles. The van der Waals surface area contributed by atoms with E-state index < -0.39 is 0 Å². The average Bonchev–Trinajstić information content (AvgIpc) is 2.91. The van der Waals surface area contributed by atoms with Crippen molar-refractivity contribution in [2.24, 2.45) is 0 Å². The predicted octanol–water partition coefficient (Wildman–Crippen LogP) is 10.4. The monoisotopic (exact) mass is 508 g/mol. The topological polar surface area (TPSA) is 0 Å². The Morgan fingerprint density at radius 3 is 1.31 bits per heavy atom. The zero-order chi connectivity index (χ0) is 23.4. The summed E-state index contributed by atoms with van der Waals surface area (Å²) in [5.41, 5.74) is 5.10. The summed E-state index contributed by atoms with van der Waals surface area (Å²) in [5, 5.41) is 10.2. The van der Waals surface area contributed by atoms with Gasteiger partial charge < -0.3 is 0 Å². The molecule has 0 nitrogen and oxygen atoms in total. The minimum atomic E-state index is 1.10. The number of rotatable bonds is 2. The second-order valence-corrected chi connectivity index (χ2v) is 10.0. The molecule has 0 atom stereocenters. The van der Waals surface area contributed by atoms with Gasteiger partial charge in [-0.2, -0.15) is 0 Å². The van der Waals surface area contributed by atoms with Gasteiger partial charge in [-0.15, -0.1) is 0 Å². The van der Waals surface area contributed by atoms with E-state index in [2.05, 4.69) is 143 Å². The molecule has 0 spiro atoms. The maximum atomic E-state index is 3.61. The highest BCUT2D eigenvalue weighted by Crippen LogP contribution is 2.44. The van der Waals surface area contributed by atoms with E-state index in [4.69, 9.17) is 0 Å². The lowest BCUT2D eigenvalue weighted by Gasteiger charge is -2.18. The number of hydrogen-bond donors (Lipinski definition) is 0. The molecule has 7 rings (SSSR count). The molecule has 1 heteroatoms. The fourth-order valence-electron chi connectivity index (χ4n) is 5.47. The van der Waals surface area contributed by atoms with Crippen molar-refractivity contribution in [2.45, 2.75) is 0 Å². The van der Waals surface area contributed by atoms with E-state index in [0.717, 1.165) is 4.47 Å². The van der Waals surface area contributed by atoms with Crippen LogP contribution in [0.15, 0.2) is 132 Å². The number of fused-ring (bicyclic) bond motifs is 4. The van der Waals surface area contributed by atoms with Gasteiger partial charge in [-0.25, -0.2) is 0 Å². The Morgan fingerprint density at radius 2 is 0.743 bits per heavy atom. The quantitative estimate of drug-likeness (QED) is 0.203. The van der Waals surface area contributed by atoms with Crippen LogP contribution in [-0.2, 0) is 0 Å². The zero-order valence-electron chi connectivity index (χ0n) is 19.0. The van der Waals surface area contributed by atoms with Crippen molar-refractivity contribution in [1.29, 1.82) is 0 Å². The molecule has 0 N–H and O–H groups in total. The van der Waals surface area contributed by atoms with E-state index in [1.807, 2.05) is 0 Å². The van der Waals surface area contributed by atoms with Gasteiger partial charge in [0.15, 0.2) is 0 Å². The van der Waals surface area contributed by atoms with Crippen LogP contribution in [0.1, 0.15) is 0 Å². The number of halogens is 1. The molecular formula is C34H21Br. The van der Waals surface area contributed by atoms with Crippen LogP contribution in [0.2, 0.25) is 0 Å². The van der Waals surface area contributed by atoms with E-state index in [1.54, 1.807) is 0 Å². The molecule has 0 unspecified atom stereocenters. The molecule has 164 valence electrons. The van der Waals surface area contributed by atoms with Gasteiger partial charge in [-0.3, -0.25) is 0 Å². The summed E-state index contributed by atoms with van der Waals surface area (Å²) in [5.74, 6) is 0. The summed E-state index contributed by atoms with van der Waals surface area (Å²) in [6.07, 6.45) is 0. The lowest BCUT2D eigenvalue weighted by Crippen LogP contribution is -1.91. The second-order valence-electron chi connectivity index (χ2n) is 9.11. The van der Waals surface area contributed by atoms with Crippen LogP contribution < -0.4 is 0 Å². The highest BCUT2D eigenvalue weighted by molar-refractivity contribution is 9.10. The minimum absolute atomic E-state index is 1.10. The van der Waals surface area contributed by atoms with Crippen molar-refractivity contribution in [1.82, 2.24) is 0 Å². The highest BCUT2D eigenvalue weighted by Gasteiger charge is 2.16. The van der Waals surface area contributed by atoms with Crippen LogP contribution >= 0.6 is 15.9 Å². The summed E-state index contributed by atoms with van der Waals surface area (Å²) in [4.78, 5) is 0. The van der Waals surface area contributed by atoms with Crippen molar-refractivity contribution in [3.05, 3.63) is 132 Å². The Morgan fingerprint density at radius 1 is 0.343 bits per heavy atom. The van der Waals surface area contributed by atoms with Gasteiger partial charge in [-0.05, 0) is 89.6 Å². The molecule has 0 amide bonds. The standard InChI is InChI=1S/C34H21Br/c35-28-18-17-24-20-27(16-14-25(24)21-28)34-31-11-5-3-9-29(31)33(30-10-4-6-12-32(30)34)26-15-13-22-7-1-2-8-23(22)19-26/h1-21H. The van der Waals surface area contributed by atoms with Crippen LogP contribution in [0.4, 0.5) is 0 Å². The molecule has 7 aromatic carbocycles. The predicted molar refractivity (Wildman–Crippen MR) is 155 cm³/mol. The maximum Gasteiger partial charge on any atom is 0.0181 e. The summed E-state index contributed by atoms with van der Waals surface area (Å²) in [6.45, 7) is 0. The van der Waals surface area contributed by atoms with Crippen molar-refractivity contribution in [2.75, 3.05) is 0 Å². The van der Waals surface area contributed by atoms with Gasteiger partial charge in [0.05, 0.1) is 0 Å². The van der Waals surface area contributed by atoms with Gasteiger partial charge >= 0.3 is 0 Å². The Balaban J connectivity index is 1.59. The third kappa shape index (κ3) is 3.35.